The zero-order valence-electron chi connectivity index (χ0n) is 22.9. The lowest BCUT2D eigenvalue weighted by molar-refractivity contribution is 0.0990. The van der Waals surface area contributed by atoms with Crippen molar-refractivity contribution in [3.63, 3.8) is 0 Å². The number of thiazole rings is 2. The highest BCUT2D eigenvalue weighted by Gasteiger charge is 2.21. The fourth-order valence-corrected chi connectivity index (χ4v) is 7.46. The van der Waals surface area contributed by atoms with E-state index in [0.717, 1.165) is 102 Å². The van der Waals surface area contributed by atoms with Crippen molar-refractivity contribution in [1.29, 1.82) is 0 Å². The van der Waals surface area contributed by atoms with E-state index in [0.29, 0.717) is 16.4 Å². The van der Waals surface area contributed by atoms with Crippen molar-refractivity contribution < 1.29 is 9.59 Å². The normalized spacial score (nSPS) is 15.1. The van der Waals surface area contributed by atoms with E-state index in [1.54, 1.807) is 0 Å². The third-order valence-electron chi connectivity index (χ3n) is 7.76. The summed E-state index contributed by atoms with van der Waals surface area (Å²) in [6, 6.07) is 12.1. The third kappa shape index (κ3) is 5.51. The molecule has 0 atom stereocenters. The Hall–Kier alpha value is -3.24. The minimum absolute atomic E-state index is 0.0631. The van der Waals surface area contributed by atoms with Crippen LogP contribution in [-0.4, -0.2) is 34.7 Å². The van der Waals surface area contributed by atoms with E-state index >= 15 is 0 Å². The second-order valence-electron chi connectivity index (χ2n) is 10.5. The van der Waals surface area contributed by atoms with E-state index in [9.17, 15) is 9.59 Å². The Balaban J connectivity index is 1.22. The first-order valence-corrected chi connectivity index (χ1v) is 15.5. The van der Waals surface area contributed by atoms with Gasteiger partial charge in [0.15, 0.2) is 15.8 Å². The quantitative estimate of drug-likeness (QED) is 0.260. The lowest BCUT2D eigenvalue weighted by atomic mass is 9.91. The van der Waals surface area contributed by atoms with Gasteiger partial charge in [-0.3, -0.25) is 9.59 Å². The lowest BCUT2D eigenvalue weighted by Crippen LogP contribution is -2.13. The summed E-state index contributed by atoms with van der Waals surface area (Å²) in [5.74, 6) is -0.112. The smallest absolute Gasteiger partial charge is 0.284 e. The van der Waals surface area contributed by atoms with E-state index in [2.05, 4.69) is 40.0 Å². The summed E-state index contributed by atoms with van der Waals surface area (Å²) in [5, 5.41) is 11.0. The van der Waals surface area contributed by atoms with E-state index in [4.69, 9.17) is 4.98 Å². The van der Waals surface area contributed by atoms with Gasteiger partial charge < -0.3 is 16.0 Å². The predicted molar refractivity (Wildman–Crippen MR) is 162 cm³/mol. The Bertz CT molecular complexity index is 1420. The van der Waals surface area contributed by atoms with Gasteiger partial charge in [-0.1, -0.05) is 30.3 Å². The molecule has 40 heavy (non-hydrogen) atoms. The average molecular weight is 572 g/mol. The highest BCUT2D eigenvalue weighted by Crippen LogP contribution is 2.33. The van der Waals surface area contributed by atoms with Gasteiger partial charge in [0.05, 0.1) is 11.4 Å². The van der Waals surface area contributed by atoms with Gasteiger partial charge in [-0.15, -0.1) is 22.7 Å². The number of nitrogens with one attached hydrogen (secondary N) is 3. The molecule has 0 radical (unpaired) electrons. The maximum absolute atomic E-state index is 13.3. The molecule has 4 aromatic rings. The van der Waals surface area contributed by atoms with Crippen LogP contribution < -0.4 is 16.0 Å². The maximum atomic E-state index is 13.3. The molecule has 2 aromatic carbocycles. The minimum atomic E-state index is -0.175. The summed E-state index contributed by atoms with van der Waals surface area (Å²) in [7, 11) is 0. The number of aromatic nitrogens is 2. The van der Waals surface area contributed by atoms with E-state index in [-0.39, 0.29) is 11.7 Å². The van der Waals surface area contributed by atoms with Crippen LogP contribution in [0.5, 0.6) is 0 Å². The number of nitrogens with zero attached hydrogens (tertiary/aromatic N) is 2. The monoisotopic (exact) mass is 571 g/mol. The summed E-state index contributed by atoms with van der Waals surface area (Å²) in [6.45, 7) is 7.64. The summed E-state index contributed by atoms with van der Waals surface area (Å²) >= 11 is 3.00. The van der Waals surface area contributed by atoms with Crippen molar-refractivity contribution in [3.05, 3.63) is 84.2 Å². The van der Waals surface area contributed by atoms with Crippen LogP contribution in [0.2, 0.25) is 0 Å². The molecule has 0 saturated carbocycles. The predicted octanol–water partition coefficient (Wildman–Crippen LogP) is 5.63. The first-order valence-electron chi connectivity index (χ1n) is 13.9. The van der Waals surface area contributed by atoms with Crippen LogP contribution in [-0.2, 0) is 32.4 Å². The Morgan fingerprint density at radius 3 is 2.12 bits per heavy atom. The van der Waals surface area contributed by atoms with Gasteiger partial charge in [0.2, 0.25) is 0 Å². The number of benzene rings is 2. The van der Waals surface area contributed by atoms with E-state index in [1.807, 2.05) is 31.2 Å². The summed E-state index contributed by atoms with van der Waals surface area (Å²) in [4.78, 5) is 38.1. The van der Waals surface area contributed by atoms with Crippen LogP contribution in [0.3, 0.4) is 0 Å². The number of rotatable bonds is 6. The summed E-state index contributed by atoms with van der Waals surface area (Å²) < 4.78 is 0. The number of aryl methyl sites for hydroxylation is 2. The molecule has 3 N–H and O–H groups in total. The van der Waals surface area contributed by atoms with Gasteiger partial charge in [0.25, 0.3) is 5.91 Å². The molecule has 0 saturated heterocycles. The Kier molecular flexibility index (Phi) is 7.89. The topological polar surface area (TPSA) is 96.0 Å². The molecule has 2 aromatic heterocycles. The van der Waals surface area contributed by atoms with Crippen LogP contribution in [0.25, 0.3) is 11.1 Å². The third-order valence-corrected chi connectivity index (χ3v) is 10.00. The van der Waals surface area contributed by atoms with Crippen molar-refractivity contribution in [2.24, 2.45) is 0 Å². The lowest BCUT2D eigenvalue weighted by Gasteiger charge is -2.16. The van der Waals surface area contributed by atoms with Crippen molar-refractivity contribution in [3.8, 4) is 11.1 Å². The Morgan fingerprint density at radius 1 is 0.825 bits per heavy atom. The number of anilines is 1. The molecule has 2 aliphatic heterocycles. The van der Waals surface area contributed by atoms with Crippen LogP contribution in [0.15, 0.2) is 36.4 Å². The first-order chi connectivity index (χ1) is 19.5. The van der Waals surface area contributed by atoms with Crippen molar-refractivity contribution >= 4 is 40.1 Å². The molecule has 1 amide bonds. The van der Waals surface area contributed by atoms with Crippen molar-refractivity contribution in [2.75, 3.05) is 18.4 Å². The molecule has 0 bridgehead atoms. The molecule has 7 nitrogen and oxygen atoms in total. The SMILES string of the molecule is Cc1c(CC(=O)c2nc3c(s2)CNCCC3)cccc1-c1cccc(NC(=O)c2nc3c(s2)CNCCC3)c1C. The van der Waals surface area contributed by atoms with Crippen LogP contribution in [0.4, 0.5) is 5.69 Å². The van der Waals surface area contributed by atoms with Crippen LogP contribution >= 0.6 is 22.7 Å². The zero-order chi connectivity index (χ0) is 27.6. The maximum Gasteiger partial charge on any atom is 0.284 e. The number of carbonyl (C=O) groups is 2. The molecule has 0 spiro atoms. The molecule has 206 valence electrons. The number of hydrogen-bond acceptors (Lipinski definition) is 8. The number of amides is 1. The Labute approximate surface area is 242 Å². The zero-order valence-corrected chi connectivity index (χ0v) is 24.5. The highest BCUT2D eigenvalue weighted by molar-refractivity contribution is 7.14. The molecule has 0 fully saturated rings. The average Bonchev–Trinajstić information content (AvgIpc) is 3.40. The molecule has 0 aliphatic carbocycles. The summed E-state index contributed by atoms with van der Waals surface area (Å²) in [6.07, 6.45) is 4.23. The molecular formula is C31H33N5O2S2. The van der Waals surface area contributed by atoms with Crippen LogP contribution in [0, 0.1) is 13.8 Å². The fraction of sp³-hybridized carbons (Fsp3) is 0.355. The molecule has 4 heterocycles. The number of fused-ring (bicyclic) bond motifs is 2. The van der Waals surface area contributed by atoms with Gasteiger partial charge in [0, 0.05) is 35.0 Å². The van der Waals surface area contributed by atoms with E-state index in [1.165, 1.54) is 27.6 Å². The molecule has 9 heteroatoms. The first kappa shape index (κ1) is 27.0. The van der Waals surface area contributed by atoms with Gasteiger partial charge in [-0.05, 0) is 86.5 Å². The van der Waals surface area contributed by atoms with E-state index < -0.39 is 0 Å². The van der Waals surface area contributed by atoms with Crippen LogP contribution in [0.1, 0.15) is 70.3 Å². The number of hydrogen-bond donors (Lipinski definition) is 3. The largest absolute Gasteiger partial charge is 0.320 e. The van der Waals surface area contributed by atoms with Gasteiger partial charge in [-0.25, -0.2) is 9.97 Å². The molecule has 2 aliphatic rings. The molecule has 6 rings (SSSR count). The van der Waals surface area contributed by atoms with Gasteiger partial charge in [-0.2, -0.15) is 0 Å². The highest BCUT2D eigenvalue weighted by atomic mass is 32.1. The van der Waals surface area contributed by atoms with Crippen molar-refractivity contribution in [1.82, 2.24) is 20.6 Å². The molecule has 0 unspecified atom stereocenters. The molecular weight excluding hydrogens is 539 g/mol. The standard InChI is InChI=1S/C31H33N5O2S2/c1-18-20(15-26(37)30-35-24-11-5-13-32-16-27(24)39-30)7-3-8-21(18)22-9-4-10-23(19(22)2)34-29(38)31-36-25-12-6-14-33-17-28(25)40-31/h3-4,7-10,32-33H,5-6,11-17H2,1-2H3,(H,34,38). The fourth-order valence-electron chi connectivity index (χ4n) is 5.47. The number of Topliss-reactive ketones (excluding diaryl/α,β-unsaturated/α-hetero) is 1. The Morgan fingerprint density at radius 2 is 1.43 bits per heavy atom. The number of carbonyl (C=O) groups excluding carboxylic acids is 2. The van der Waals surface area contributed by atoms with Gasteiger partial charge >= 0.3 is 0 Å². The summed E-state index contributed by atoms with van der Waals surface area (Å²) in [5.41, 5.74) is 8.03. The number of ketones is 1. The van der Waals surface area contributed by atoms with Crippen molar-refractivity contribution in [2.45, 2.75) is 59.0 Å². The van der Waals surface area contributed by atoms with Gasteiger partial charge in [0.1, 0.15) is 0 Å². The second-order valence-corrected chi connectivity index (χ2v) is 12.6. The second kappa shape index (κ2) is 11.7. The minimum Gasteiger partial charge on any atom is -0.320 e.